The minimum atomic E-state index is -0.889. The van der Waals surface area contributed by atoms with Crippen LogP contribution in [0.3, 0.4) is 0 Å². The van der Waals surface area contributed by atoms with Gasteiger partial charge in [-0.25, -0.2) is 4.39 Å². The lowest BCUT2D eigenvalue weighted by Crippen LogP contribution is -2.50. The van der Waals surface area contributed by atoms with Crippen molar-refractivity contribution >= 4 is 0 Å². The van der Waals surface area contributed by atoms with Gasteiger partial charge in [-0.3, -0.25) is 0 Å². The first-order valence-corrected chi connectivity index (χ1v) is 7.59. The van der Waals surface area contributed by atoms with Crippen LogP contribution in [0.1, 0.15) is 45.1 Å². The third-order valence-electron chi connectivity index (χ3n) is 5.26. The largest absolute Gasteiger partial charge is 0.389 e. The van der Waals surface area contributed by atoms with Crippen molar-refractivity contribution in [3.05, 3.63) is 35.6 Å². The summed E-state index contributed by atoms with van der Waals surface area (Å²) in [5.41, 5.74) is 5.73. The Labute approximate surface area is 121 Å². The summed E-state index contributed by atoms with van der Waals surface area (Å²) in [4.78, 5) is 0. The van der Waals surface area contributed by atoms with Crippen LogP contribution in [-0.4, -0.2) is 17.3 Å². The summed E-state index contributed by atoms with van der Waals surface area (Å²) < 4.78 is 13.3. The molecule has 1 saturated carbocycles. The molecule has 1 aliphatic carbocycles. The van der Waals surface area contributed by atoms with Crippen LogP contribution in [0.2, 0.25) is 0 Å². The number of aliphatic hydroxyl groups is 1. The van der Waals surface area contributed by atoms with E-state index in [-0.39, 0.29) is 11.2 Å². The number of hydrogen-bond acceptors (Lipinski definition) is 2. The first-order chi connectivity index (χ1) is 9.42. The van der Waals surface area contributed by atoms with Crippen LogP contribution in [-0.2, 0) is 6.42 Å². The van der Waals surface area contributed by atoms with Gasteiger partial charge in [0.05, 0.1) is 5.60 Å². The highest BCUT2D eigenvalue weighted by Gasteiger charge is 2.50. The fourth-order valence-corrected chi connectivity index (χ4v) is 3.71. The molecule has 1 aromatic carbocycles. The number of halogens is 1. The second kappa shape index (κ2) is 5.82. The molecule has 3 unspecified atom stereocenters. The summed E-state index contributed by atoms with van der Waals surface area (Å²) in [6.45, 7) is 4.55. The third-order valence-corrected chi connectivity index (χ3v) is 5.26. The van der Waals surface area contributed by atoms with Crippen molar-refractivity contribution in [3.8, 4) is 0 Å². The molecule has 0 heterocycles. The number of hydrogen-bond donors (Lipinski definition) is 2. The van der Waals surface area contributed by atoms with E-state index in [9.17, 15) is 9.50 Å². The van der Waals surface area contributed by atoms with E-state index >= 15 is 0 Å². The van der Waals surface area contributed by atoms with Crippen LogP contribution in [0.5, 0.6) is 0 Å². The molecule has 0 aliphatic heterocycles. The van der Waals surface area contributed by atoms with E-state index in [1.54, 1.807) is 6.07 Å². The molecule has 2 nitrogen and oxygen atoms in total. The lowest BCUT2D eigenvalue weighted by atomic mass is 9.68. The topological polar surface area (TPSA) is 46.2 Å². The highest BCUT2D eigenvalue weighted by atomic mass is 19.1. The molecule has 3 atom stereocenters. The normalized spacial score (nSPS) is 29.4. The third kappa shape index (κ3) is 2.89. The number of rotatable bonds is 5. The van der Waals surface area contributed by atoms with Crippen molar-refractivity contribution in [2.45, 2.75) is 51.6 Å². The van der Waals surface area contributed by atoms with E-state index in [1.807, 2.05) is 13.0 Å². The molecule has 0 aromatic heterocycles. The Morgan fingerprint density at radius 2 is 2.25 bits per heavy atom. The van der Waals surface area contributed by atoms with E-state index in [0.29, 0.717) is 18.9 Å². The Bertz CT molecular complexity index is 460. The SMILES string of the molecule is CCC1CCC(CN)(C(C)(O)Cc2cccc(F)c2)C1. The quantitative estimate of drug-likeness (QED) is 0.869. The molecular weight excluding hydrogens is 253 g/mol. The number of benzene rings is 1. The molecular formula is C17H26FNO. The molecule has 1 aromatic rings. The van der Waals surface area contributed by atoms with Crippen LogP contribution in [0, 0.1) is 17.2 Å². The van der Waals surface area contributed by atoms with Crippen molar-refractivity contribution in [2.24, 2.45) is 17.1 Å². The van der Waals surface area contributed by atoms with Gasteiger partial charge in [0.2, 0.25) is 0 Å². The molecule has 3 N–H and O–H groups in total. The van der Waals surface area contributed by atoms with Gasteiger partial charge in [-0.15, -0.1) is 0 Å². The summed E-state index contributed by atoms with van der Waals surface area (Å²) in [5, 5.41) is 11.0. The summed E-state index contributed by atoms with van der Waals surface area (Å²) in [7, 11) is 0. The molecule has 0 saturated heterocycles. The first kappa shape index (κ1) is 15.5. The van der Waals surface area contributed by atoms with Crippen molar-refractivity contribution in [1.82, 2.24) is 0 Å². The Morgan fingerprint density at radius 3 is 2.80 bits per heavy atom. The predicted octanol–water partition coefficient (Wildman–Crippen LogP) is 3.27. The van der Waals surface area contributed by atoms with E-state index in [1.165, 1.54) is 12.1 Å². The van der Waals surface area contributed by atoms with Gasteiger partial charge in [-0.05, 0) is 49.8 Å². The average Bonchev–Trinajstić information content (AvgIpc) is 2.83. The lowest BCUT2D eigenvalue weighted by molar-refractivity contribution is -0.0646. The minimum absolute atomic E-state index is 0.236. The van der Waals surface area contributed by atoms with Gasteiger partial charge >= 0.3 is 0 Å². The maximum atomic E-state index is 13.3. The zero-order chi connectivity index (χ0) is 14.8. The van der Waals surface area contributed by atoms with Gasteiger partial charge in [0.25, 0.3) is 0 Å². The molecule has 0 spiro atoms. The van der Waals surface area contributed by atoms with Crippen molar-refractivity contribution < 1.29 is 9.50 Å². The molecule has 3 heteroatoms. The van der Waals surface area contributed by atoms with Gasteiger partial charge in [-0.2, -0.15) is 0 Å². The fourth-order valence-electron chi connectivity index (χ4n) is 3.71. The zero-order valence-electron chi connectivity index (χ0n) is 12.5. The lowest BCUT2D eigenvalue weighted by Gasteiger charge is -2.43. The summed E-state index contributed by atoms with van der Waals surface area (Å²) >= 11 is 0. The zero-order valence-corrected chi connectivity index (χ0v) is 12.5. The van der Waals surface area contributed by atoms with Gasteiger partial charge < -0.3 is 10.8 Å². The summed E-state index contributed by atoms with van der Waals surface area (Å²) in [6, 6.07) is 6.50. The minimum Gasteiger partial charge on any atom is -0.389 e. The molecule has 0 bridgehead atoms. The molecule has 2 rings (SSSR count). The van der Waals surface area contributed by atoms with E-state index in [0.717, 1.165) is 31.2 Å². The summed E-state index contributed by atoms with van der Waals surface area (Å²) in [6.07, 6.45) is 4.66. The highest BCUT2D eigenvalue weighted by molar-refractivity contribution is 5.20. The van der Waals surface area contributed by atoms with Crippen LogP contribution < -0.4 is 5.73 Å². The van der Waals surface area contributed by atoms with E-state index < -0.39 is 5.60 Å². The van der Waals surface area contributed by atoms with Crippen molar-refractivity contribution in [3.63, 3.8) is 0 Å². The number of nitrogens with two attached hydrogens (primary N) is 1. The van der Waals surface area contributed by atoms with Gasteiger partial charge in [-0.1, -0.05) is 25.5 Å². The maximum Gasteiger partial charge on any atom is 0.123 e. The van der Waals surface area contributed by atoms with Gasteiger partial charge in [0.1, 0.15) is 5.82 Å². The molecule has 112 valence electrons. The van der Waals surface area contributed by atoms with Gasteiger partial charge in [0.15, 0.2) is 0 Å². The monoisotopic (exact) mass is 279 g/mol. The predicted molar refractivity (Wildman–Crippen MR) is 79.8 cm³/mol. The summed E-state index contributed by atoms with van der Waals surface area (Å²) in [5.74, 6) is 0.399. The van der Waals surface area contributed by atoms with Crippen LogP contribution in [0.25, 0.3) is 0 Å². The molecule has 1 fully saturated rings. The second-order valence-electron chi connectivity index (χ2n) is 6.58. The maximum absolute atomic E-state index is 13.3. The van der Waals surface area contributed by atoms with Crippen LogP contribution in [0.15, 0.2) is 24.3 Å². The molecule has 0 amide bonds. The van der Waals surface area contributed by atoms with Crippen molar-refractivity contribution in [2.75, 3.05) is 6.54 Å². The smallest absolute Gasteiger partial charge is 0.123 e. The highest BCUT2D eigenvalue weighted by Crippen LogP contribution is 2.50. The molecule has 1 aliphatic rings. The van der Waals surface area contributed by atoms with Crippen LogP contribution in [0.4, 0.5) is 4.39 Å². The van der Waals surface area contributed by atoms with Crippen LogP contribution >= 0.6 is 0 Å². The average molecular weight is 279 g/mol. The second-order valence-corrected chi connectivity index (χ2v) is 6.58. The Kier molecular flexibility index (Phi) is 4.50. The molecule has 20 heavy (non-hydrogen) atoms. The standard InChI is InChI=1S/C17H26FNO/c1-3-13-7-8-17(11-13,12-19)16(2,20)10-14-5-4-6-15(18)9-14/h4-6,9,13,20H,3,7-8,10-12,19H2,1-2H3. The van der Waals surface area contributed by atoms with Gasteiger partial charge in [0, 0.05) is 18.4 Å². The Balaban J connectivity index is 2.19. The van der Waals surface area contributed by atoms with Crippen molar-refractivity contribution in [1.29, 1.82) is 0 Å². The van der Waals surface area contributed by atoms with E-state index in [4.69, 9.17) is 5.73 Å². The Morgan fingerprint density at radius 1 is 1.50 bits per heavy atom. The fraction of sp³-hybridized carbons (Fsp3) is 0.647. The Hall–Kier alpha value is -0.930. The molecule has 0 radical (unpaired) electrons. The van der Waals surface area contributed by atoms with E-state index in [2.05, 4.69) is 6.92 Å². The first-order valence-electron chi connectivity index (χ1n) is 7.59.